The first-order valence-corrected chi connectivity index (χ1v) is 39.7. The molecule has 640 valence electrons. The number of amides is 2. The number of benzene rings is 5. The first-order valence-electron chi connectivity index (χ1n) is 38.6. The smallest absolute Gasteiger partial charge is 0.485 e. The fourth-order valence-electron chi connectivity index (χ4n) is 12.0. The molecule has 29 nitrogen and oxygen atoms in total. The van der Waals surface area contributed by atoms with E-state index in [0.717, 1.165) is 43.2 Å². The van der Waals surface area contributed by atoms with Crippen molar-refractivity contribution < 1.29 is 80.3 Å². The summed E-state index contributed by atoms with van der Waals surface area (Å²) < 4.78 is 77.8. The Morgan fingerprint density at radius 3 is 1.55 bits per heavy atom. The third kappa shape index (κ3) is 23.7. The molecule has 5 aromatic carbocycles. The molecule has 2 amide bonds. The molecule has 3 atom stereocenters. The van der Waals surface area contributed by atoms with Gasteiger partial charge >= 0.3 is 27.2 Å². The number of nitrogens with one attached hydrogen (secondary N) is 5. The number of halogens is 2. The zero-order valence-corrected chi connectivity index (χ0v) is 71.8. The van der Waals surface area contributed by atoms with Crippen LogP contribution in [0.25, 0.3) is 33.2 Å². The van der Waals surface area contributed by atoms with Crippen LogP contribution in [0.3, 0.4) is 0 Å². The number of hydrogen-bond donors (Lipinski definition) is 5. The first kappa shape index (κ1) is 94.9. The van der Waals surface area contributed by atoms with Crippen LogP contribution in [0.15, 0.2) is 132 Å². The van der Waals surface area contributed by atoms with E-state index in [1.807, 2.05) is 218 Å². The maximum atomic E-state index is 12.3. The summed E-state index contributed by atoms with van der Waals surface area (Å²) in [6.07, 6.45) is 4.81. The van der Waals surface area contributed by atoms with Gasteiger partial charge in [0.1, 0.15) is 37.1 Å². The summed E-state index contributed by atoms with van der Waals surface area (Å²) in [5.74, 6) is 5.38. The lowest BCUT2D eigenvalue weighted by molar-refractivity contribution is -0.131. The van der Waals surface area contributed by atoms with Crippen molar-refractivity contribution in [3.63, 3.8) is 0 Å². The average Bonchev–Trinajstić information content (AvgIpc) is 1.60. The Labute approximate surface area is 713 Å². The van der Waals surface area contributed by atoms with Crippen molar-refractivity contribution in [1.29, 1.82) is 0 Å². The maximum Gasteiger partial charge on any atom is 0.494 e. The second-order valence-electron chi connectivity index (χ2n) is 33.6. The zero-order valence-electron chi connectivity index (χ0n) is 69.5. The molecule has 9 aromatic rings. The molecule has 0 radical (unpaired) electrons. The quantitative estimate of drug-likeness (QED) is 0.0499. The average molecular weight is 1720 g/mol. The molecule has 34 heteroatoms. The lowest BCUT2D eigenvalue weighted by atomic mass is 9.49. The van der Waals surface area contributed by atoms with Gasteiger partial charge in [0.05, 0.1) is 57.0 Å². The highest BCUT2D eigenvalue weighted by Crippen LogP contribution is 2.45. The Morgan fingerprint density at radius 2 is 1.03 bits per heavy atom. The number of ether oxygens (including phenoxy) is 7. The highest BCUT2D eigenvalue weighted by atomic mass is 79.9. The molecule has 6 aliphatic rings. The molecule has 5 N–H and O–H groups in total. The van der Waals surface area contributed by atoms with E-state index in [1.54, 1.807) is 55.1 Å². The minimum atomic E-state index is -0.702. The second kappa shape index (κ2) is 38.4. The van der Waals surface area contributed by atoms with E-state index in [-0.39, 0.29) is 92.9 Å². The molecule has 0 aliphatic carbocycles. The molecule has 0 saturated carbocycles. The lowest BCUT2D eigenvalue weighted by Crippen LogP contribution is -2.46. The van der Waals surface area contributed by atoms with Crippen LogP contribution in [0.1, 0.15) is 174 Å². The molecule has 10 heterocycles. The van der Waals surface area contributed by atoms with Crippen molar-refractivity contribution in [1.82, 2.24) is 50.5 Å². The minimum Gasteiger partial charge on any atom is -0.485 e. The van der Waals surface area contributed by atoms with Crippen LogP contribution in [0.4, 0.5) is 27.8 Å². The molecule has 0 bridgehead atoms. The summed E-state index contributed by atoms with van der Waals surface area (Å²) in [7, 11) is -1.43. The van der Waals surface area contributed by atoms with Crippen molar-refractivity contribution in [2.45, 2.75) is 244 Å². The summed E-state index contributed by atoms with van der Waals surface area (Å²) in [6, 6.07) is 31.5. The van der Waals surface area contributed by atoms with E-state index < -0.39 is 62.3 Å². The Morgan fingerprint density at radius 1 is 0.555 bits per heavy atom. The number of Topliss-reactive ketones (excluding diaryl/α,β-unsaturated/α-hetero) is 1. The molecule has 3 fully saturated rings. The predicted octanol–water partition coefficient (Wildman–Crippen LogP) is 16.4. The number of carbonyl (C=O) groups excluding carboxylic acids is 4. The summed E-state index contributed by atoms with van der Waals surface area (Å²) in [6.45, 7) is 42.0. The number of carbonyl (C=O) groups is 4. The van der Waals surface area contributed by atoms with Crippen LogP contribution >= 0.6 is 27.5 Å². The third-order valence-corrected chi connectivity index (χ3v) is 20.8. The van der Waals surface area contributed by atoms with Gasteiger partial charge in [0.15, 0.2) is 52.2 Å². The van der Waals surface area contributed by atoms with Gasteiger partial charge in [-0.15, -0.1) is 0 Å². The molecular formula is C85H115B3BrClN12O17. The van der Waals surface area contributed by atoms with Crippen LogP contribution in [-0.4, -0.2) is 174 Å². The third-order valence-electron chi connectivity index (χ3n) is 20.2. The Hall–Kier alpha value is -9.60. The van der Waals surface area contributed by atoms with E-state index in [1.165, 1.54) is 4.68 Å². The van der Waals surface area contributed by atoms with Crippen LogP contribution in [-0.2, 0) is 47.0 Å². The Balaban J connectivity index is 0.000000188. The Kier molecular flexibility index (Phi) is 30.6. The van der Waals surface area contributed by atoms with Crippen molar-refractivity contribution >= 4 is 123 Å². The zero-order chi connectivity index (χ0) is 84.2. The number of nitrogens with zero attached hydrogens (tertiary/aromatic N) is 7. The van der Waals surface area contributed by atoms with Gasteiger partial charge < -0.3 is 82.4 Å². The number of rotatable bonds is 14. The molecule has 4 aromatic heterocycles. The van der Waals surface area contributed by atoms with Crippen molar-refractivity contribution in [2.75, 3.05) is 30.5 Å². The van der Waals surface area contributed by atoms with Gasteiger partial charge in [0.2, 0.25) is 17.5 Å². The van der Waals surface area contributed by atoms with Gasteiger partial charge in [-0.25, -0.2) is 24.7 Å². The summed E-state index contributed by atoms with van der Waals surface area (Å²) in [4.78, 5) is 65.5. The van der Waals surface area contributed by atoms with Crippen molar-refractivity contribution in [2.24, 2.45) is 5.92 Å². The predicted molar refractivity (Wildman–Crippen MR) is 468 cm³/mol. The first-order chi connectivity index (χ1) is 54.4. The van der Waals surface area contributed by atoms with Crippen molar-refractivity contribution in [3.05, 3.63) is 138 Å². The normalized spacial score (nSPS) is 18.8. The SMILES string of the molecule is C.C.C.CC(C)(C)OC(=O)n1ncc2cc(Nc3ccnc(Cl)n3)ccc21.CC(C)CC(=O)C1COc2ccc(Br)cc2O1.CC(C)NC(=O)C1COc2ccc(-c3nccc(Nc4ccc5[nH]ncc5c4)n3)cc2O1.CC(C)NC(=O)C1COc2ccc(B3OC(C)(C)C(C)(C)O3)cc2O1.CC1(C)OB(B2OC(C)(C)C(C)(C)O2)OC1(C)C. The molecular weight excluding hydrogens is 1610 g/mol. The fourth-order valence-corrected chi connectivity index (χ4v) is 12.5. The number of fused-ring (bicyclic) bond motifs is 5. The van der Waals surface area contributed by atoms with Gasteiger partial charge in [0, 0.05) is 63.1 Å². The Bertz CT molecular complexity index is 4940. The van der Waals surface area contributed by atoms with E-state index >= 15 is 0 Å². The standard InChI is InChI=1S/C23H22N6O3.C18H26BNO5.C16H16ClN5O2.C13H15BrO3.C12H24B2O4.3CH4/c1-13(2)26-23(30)20-12-31-18-6-3-14(10-19(18)32-20)22-24-8-7-21(28-22)27-16-4-5-17-15(9-16)11-25-29-17;1-11(2)20-16(21)15-10-22-13-8-7-12(9-14(13)23-15)19-24-17(3,4)18(5,6)25-19;1-16(2,3)24-15(23)22-12-5-4-11(8-10(12)9-19-22)20-13-6-7-18-14(17)21-13;1-8(2)5-10(15)13-7-16-11-4-3-9(14)6-12(11)17-13;1-9(2)10(3,4)16-13(15-9)14-17-11(5,6)12(7,8)18-14;;;/h3-11,13,20H,12H2,1-2H3,(H,25,29)(H,26,30)(H,24,27,28);7-9,11,15H,10H2,1-6H3,(H,20,21);4-9H,1-3H3,(H,18,20,21);3-4,6,8,13H,5,7H2,1-2H3;1-8H3;3*1H4. The number of aromatic nitrogens is 8. The monoisotopic (exact) mass is 1720 g/mol. The molecule has 3 saturated heterocycles. The summed E-state index contributed by atoms with van der Waals surface area (Å²) >= 11 is 9.14. The van der Waals surface area contributed by atoms with Gasteiger partial charge in [0.25, 0.3) is 11.8 Å². The largest absolute Gasteiger partial charge is 0.494 e. The second-order valence-corrected chi connectivity index (χ2v) is 34.9. The van der Waals surface area contributed by atoms with Gasteiger partial charge in [-0.3, -0.25) is 19.5 Å². The molecule has 3 unspecified atom stereocenters. The van der Waals surface area contributed by atoms with Crippen LogP contribution in [0.2, 0.25) is 5.28 Å². The van der Waals surface area contributed by atoms with Crippen LogP contribution < -0.4 is 55.2 Å². The number of H-pyrrole nitrogens is 1. The highest BCUT2D eigenvalue weighted by molar-refractivity contribution is 9.10. The fraction of sp³-hybridized carbons (Fsp3) is 0.482. The molecule has 6 aliphatic heterocycles. The molecule has 0 spiro atoms. The number of hydrogen-bond acceptors (Lipinski definition) is 25. The summed E-state index contributed by atoms with van der Waals surface area (Å²) in [5, 5.41) is 25.2. The topological polar surface area (TPSA) is 334 Å². The van der Waals surface area contributed by atoms with E-state index in [2.05, 4.69) is 72.4 Å². The minimum absolute atomic E-state index is 0. The van der Waals surface area contributed by atoms with Crippen LogP contribution in [0.5, 0.6) is 34.5 Å². The number of aromatic amines is 1. The van der Waals surface area contributed by atoms with E-state index in [4.69, 9.17) is 72.7 Å². The number of anilines is 4. The lowest BCUT2D eigenvalue weighted by Gasteiger charge is -2.32. The molecule has 119 heavy (non-hydrogen) atoms. The van der Waals surface area contributed by atoms with Crippen molar-refractivity contribution in [3.8, 4) is 45.9 Å². The van der Waals surface area contributed by atoms with Gasteiger partial charge in [-0.1, -0.05) is 58.1 Å². The van der Waals surface area contributed by atoms with E-state index in [9.17, 15) is 19.2 Å². The van der Waals surface area contributed by atoms with E-state index in [0.29, 0.717) is 76.4 Å². The maximum absolute atomic E-state index is 12.3. The van der Waals surface area contributed by atoms with Crippen LogP contribution in [0, 0.1) is 5.92 Å². The molecule has 15 rings (SSSR count). The highest BCUT2D eigenvalue weighted by Gasteiger charge is 2.64. The summed E-state index contributed by atoms with van der Waals surface area (Å²) in [5.41, 5.74) is 2.07. The number of ketones is 1. The van der Waals surface area contributed by atoms with Gasteiger partial charge in [-0.05, 0) is 252 Å². The van der Waals surface area contributed by atoms with Gasteiger partial charge in [-0.2, -0.15) is 14.9 Å².